The SMILES string of the molecule is OCC1(c2cc(Br)cnc2Cl)CCC1. The molecular weight excluding hydrogens is 265 g/mol. The van der Waals surface area contributed by atoms with E-state index < -0.39 is 0 Å². The number of aromatic nitrogens is 1. The summed E-state index contributed by atoms with van der Waals surface area (Å²) >= 11 is 9.40. The van der Waals surface area contributed by atoms with Crippen LogP contribution in [0, 0.1) is 0 Å². The molecule has 0 atom stereocenters. The number of halogens is 2. The summed E-state index contributed by atoms with van der Waals surface area (Å²) in [5.74, 6) is 0. The summed E-state index contributed by atoms with van der Waals surface area (Å²) in [5.41, 5.74) is 0.843. The van der Waals surface area contributed by atoms with E-state index in [-0.39, 0.29) is 12.0 Å². The van der Waals surface area contributed by atoms with Crippen LogP contribution in [-0.4, -0.2) is 16.7 Å². The number of aliphatic hydroxyl groups is 1. The molecule has 1 aromatic heterocycles. The van der Waals surface area contributed by atoms with Gasteiger partial charge in [0.1, 0.15) is 5.15 Å². The Labute approximate surface area is 96.4 Å². The normalized spacial score (nSPS) is 19.1. The molecule has 4 heteroatoms. The number of aliphatic hydroxyl groups excluding tert-OH is 1. The topological polar surface area (TPSA) is 33.1 Å². The molecule has 76 valence electrons. The lowest BCUT2D eigenvalue weighted by molar-refractivity contribution is 0.120. The molecule has 1 aliphatic rings. The number of nitrogens with zero attached hydrogens (tertiary/aromatic N) is 1. The van der Waals surface area contributed by atoms with Gasteiger partial charge in [-0.15, -0.1) is 0 Å². The minimum atomic E-state index is -0.131. The minimum Gasteiger partial charge on any atom is -0.395 e. The van der Waals surface area contributed by atoms with Crippen LogP contribution in [0.2, 0.25) is 5.15 Å². The van der Waals surface area contributed by atoms with E-state index in [0.717, 1.165) is 29.3 Å². The Balaban J connectivity index is 2.43. The molecule has 0 bridgehead atoms. The molecule has 0 radical (unpaired) electrons. The Bertz CT molecular complexity index is 346. The summed E-state index contributed by atoms with van der Waals surface area (Å²) in [6.45, 7) is 0.158. The highest BCUT2D eigenvalue weighted by Crippen LogP contribution is 2.45. The molecule has 0 aromatic carbocycles. The van der Waals surface area contributed by atoms with Gasteiger partial charge in [-0.1, -0.05) is 18.0 Å². The Kier molecular flexibility index (Phi) is 2.82. The number of pyridine rings is 1. The van der Waals surface area contributed by atoms with Gasteiger partial charge < -0.3 is 5.11 Å². The summed E-state index contributed by atoms with van der Waals surface area (Å²) in [6.07, 6.45) is 4.84. The Morgan fingerprint density at radius 1 is 1.57 bits per heavy atom. The predicted molar refractivity (Wildman–Crippen MR) is 59.6 cm³/mol. The van der Waals surface area contributed by atoms with Crippen molar-refractivity contribution in [3.05, 3.63) is 27.5 Å². The summed E-state index contributed by atoms with van der Waals surface area (Å²) in [6, 6.07) is 1.96. The third kappa shape index (κ3) is 1.58. The molecule has 1 fully saturated rings. The van der Waals surface area contributed by atoms with Crippen LogP contribution in [0.4, 0.5) is 0 Å². The monoisotopic (exact) mass is 275 g/mol. The fourth-order valence-corrected chi connectivity index (χ4v) is 2.55. The summed E-state index contributed by atoms with van der Waals surface area (Å²) in [5, 5.41) is 9.92. The fourth-order valence-electron chi connectivity index (χ4n) is 1.91. The van der Waals surface area contributed by atoms with Crippen LogP contribution in [0.3, 0.4) is 0 Å². The maximum Gasteiger partial charge on any atom is 0.132 e. The van der Waals surface area contributed by atoms with Gasteiger partial charge in [-0.25, -0.2) is 4.98 Å². The average Bonchev–Trinajstić information content (AvgIpc) is 2.10. The van der Waals surface area contributed by atoms with Crippen molar-refractivity contribution in [1.29, 1.82) is 0 Å². The molecule has 0 amide bonds. The van der Waals surface area contributed by atoms with Gasteiger partial charge in [0.15, 0.2) is 0 Å². The van der Waals surface area contributed by atoms with Crippen LogP contribution < -0.4 is 0 Å². The van der Waals surface area contributed by atoms with Crippen LogP contribution >= 0.6 is 27.5 Å². The molecule has 0 unspecified atom stereocenters. The molecule has 2 nitrogen and oxygen atoms in total. The highest BCUT2D eigenvalue weighted by Gasteiger charge is 2.40. The second kappa shape index (κ2) is 3.80. The van der Waals surface area contributed by atoms with E-state index in [1.54, 1.807) is 6.20 Å². The first-order chi connectivity index (χ1) is 6.68. The van der Waals surface area contributed by atoms with E-state index in [9.17, 15) is 5.11 Å². The molecule has 0 saturated heterocycles. The van der Waals surface area contributed by atoms with E-state index in [1.807, 2.05) is 6.07 Å². The Morgan fingerprint density at radius 2 is 2.29 bits per heavy atom. The molecule has 1 heterocycles. The molecule has 14 heavy (non-hydrogen) atoms. The smallest absolute Gasteiger partial charge is 0.132 e. The third-order valence-corrected chi connectivity index (χ3v) is 3.73. The largest absolute Gasteiger partial charge is 0.395 e. The molecule has 0 aliphatic heterocycles. The van der Waals surface area contributed by atoms with Gasteiger partial charge in [-0.2, -0.15) is 0 Å². The number of hydrogen-bond donors (Lipinski definition) is 1. The van der Waals surface area contributed by atoms with Gasteiger partial charge in [0.25, 0.3) is 0 Å². The van der Waals surface area contributed by atoms with Crippen LogP contribution in [0.25, 0.3) is 0 Å². The van der Waals surface area contributed by atoms with E-state index in [4.69, 9.17) is 11.6 Å². The second-order valence-corrected chi connectivity index (χ2v) is 5.06. The molecule has 1 saturated carbocycles. The molecule has 2 rings (SSSR count). The summed E-state index contributed by atoms with van der Waals surface area (Å²) in [4.78, 5) is 4.08. The maximum absolute atomic E-state index is 9.40. The second-order valence-electron chi connectivity index (χ2n) is 3.78. The van der Waals surface area contributed by atoms with Gasteiger partial charge >= 0.3 is 0 Å². The number of hydrogen-bond acceptors (Lipinski definition) is 2. The molecule has 1 aromatic rings. The standard InChI is InChI=1S/C10H11BrClNO/c11-7-4-8(9(12)13-5-7)10(6-14)2-1-3-10/h4-5,14H,1-3,6H2. The first-order valence-corrected chi connectivity index (χ1v) is 5.77. The first kappa shape index (κ1) is 10.4. The molecular formula is C10H11BrClNO. The van der Waals surface area contributed by atoms with Crippen LogP contribution in [-0.2, 0) is 5.41 Å². The van der Waals surface area contributed by atoms with Gasteiger partial charge in [0, 0.05) is 16.1 Å². The number of rotatable bonds is 2. The van der Waals surface area contributed by atoms with Gasteiger partial charge in [0.05, 0.1) is 6.61 Å². The van der Waals surface area contributed by atoms with Crippen molar-refractivity contribution in [2.75, 3.05) is 6.61 Å². The van der Waals surface area contributed by atoms with Gasteiger partial charge in [-0.05, 0) is 40.4 Å². The molecule has 0 spiro atoms. The zero-order valence-corrected chi connectivity index (χ0v) is 9.98. The zero-order chi connectivity index (χ0) is 10.2. The highest BCUT2D eigenvalue weighted by atomic mass is 79.9. The van der Waals surface area contributed by atoms with Crippen molar-refractivity contribution in [3.63, 3.8) is 0 Å². The van der Waals surface area contributed by atoms with E-state index in [0.29, 0.717) is 5.15 Å². The zero-order valence-electron chi connectivity index (χ0n) is 7.63. The van der Waals surface area contributed by atoms with Crippen molar-refractivity contribution in [1.82, 2.24) is 4.98 Å². The average molecular weight is 277 g/mol. The predicted octanol–water partition coefficient (Wildman–Crippen LogP) is 2.91. The van der Waals surface area contributed by atoms with Crippen molar-refractivity contribution in [2.45, 2.75) is 24.7 Å². The maximum atomic E-state index is 9.40. The van der Waals surface area contributed by atoms with Crippen LogP contribution in [0.15, 0.2) is 16.7 Å². The molecule has 1 N–H and O–H groups in total. The van der Waals surface area contributed by atoms with Crippen molar-refractivity contribution in [2.24, 2.45) is 0 Å². The van der Waals surface area contributed by atoms with Crippen LogP contribution in [0.5, 0.6) is 0 Å². The lowest BCUT2D eigenvalue weighted by Gasteiger charge is -2.41. The Hall–Kier alpha value is -0.120. The summed E-state index contributed by atoms with van der Waals surface area (Å²) < 4.78 is 0.914. The third-order valence-electron chi connectivity index (χ3n) is 2.99. The first-order valence-electron chi connectivity index (χ1n) is 4.60. The van der Waals surface area contributed by atoms with E-state index in [2.05, 4.69) is 20.9 Å². The van der Waals surface area contributed by atoms with E-state index >= 15 is 0 Å². The fraction of sp³-hybridized carbons (Fsp3) is 0.500. The quantitative estimate of drug-likeness (QED) is 0.843. The highest BCUT2D eigenvalue weighted by molar-refractivity contribution is 9.10. The van der Waals surface area contributed by atoms with Crippen molar-refractivity contribution < 1.29 is 5.11 Å². The minimum absolute atomic E-state index is 0.131. The van der Waals surface area contributed by atoms with Gasteiger partial charge in [0.2, 0.25) is 0 Å². The van der Waals surface area contributed by atoms with E-state index in [1.165, 1.54) is 0 Å². The molecule has 1 aliphatic carbocycles. The summed E-state index contributed by atoms with van der Waals surface area (Å²) in [7, 11) is 0. The van der Waals surface area contributed by atoms with Crippen molar-refractivity contribution in [3.8, 4) is 0 Å². The Morgan fingerprint density at radius 3 is 2.79 bits per heavy atom. The van der Waals surface area contributed by atoms with Crippen molar-refractivity contribution >= 4 is 27.5 Å². The van der Waals surface area contributed by atoms with Crippen LogP contribution in [0.1, 0.15) is 24.8 Å². The lowest BCUT2D eigenvalue weighted by atomic mass is 9.65. The van der Waals surface area contributed by atoms with Gasteiger partial charge in [-0.3, -0.25) is 0 Å². The lowest BCUT2D eigenvalue weighted by Crippen LogP contribution is -2.38.